The number of nitrogens with zero attached hydrogens (tertiary/aromatic N) is 1. The number of rotatable bonds is 3. The number of ether oxygens (including phenoxy) is 1. The van der Waals surface area contributed by atoms with E-state index in [0.717, 1.165) is 0 Å². The monoisotopic (exact) mass is 332 g/mol. The second kappa shape index (κ2) is 6.18. The van der Waals surface area contributed by atoms with E-state index in [2.05, 4.69) is 5.32 Å². The smallest absolute Gasteiger partial charge is 0.265 e. The Labute approximate surface area is 137 Å². The number of amides is 2. The molecule has 0 spiro atoms. The van der Waals surface area contributed by atoms with Crippen molar-refractivity contribution >= 4 is 34.8 Å². The van der Waals surface area contributed by atoms with Gasteiger partial charge in [0.1, 0.15) is 18.0 Å². The number of fused-ring (bicyclic) bond motifs is 1. The third kappa shape index (κ3) is 3.37. The molecule has 23 heavy (non-hydrogen) atoms. The lowest BCUT2D eigenvalue weighted by atomic mass is 10.2. The number of carbonyl (C=O) groups is 2. The van der Waals surface area contributed by atoms with Gasteiger partial charge in [-0.15, -0.1) is 0 Å². The molecular weight excluding hydrogens is 320 g/mol. The van der Waals surface area contributed by atoms with Gasteiger partial charge in [-0.05, 0) is 42.5 Å². The Morgan fingerprint density at radius 1 is 1.26 bits per heavy atom. The minimum absolute atomic E-state index is 0.106. The summed E-state index contributed by atoms with van der Waals surface area (Å²) in [4.78, 5) is 25.5. The zero-order valence-corrected chi connectivity index (χ0v) is 12.7. The first kappa shape index (κ1) is 15.2. The van der Waals surface area contributed by atoms with E-state index in [-0.39, 0.29) is 30.7 Å². The highest BCUT2D eigenvalue weighted by Gasteiger charge is 2.27. The highest BCUT2D eigenvalue weighted by Crippen LogP contribution is 2.34. The normalized spacial score (nSPS) is 13.3. The molecule has 0 aromatic heterocycles. The van der Waals surface area contributed by atoms with Crippen molar-refractivity contribution in [2.75, 3.05) is 23.4 Å². The molecule has 118 valence electrons. The van der Waals surface area contributed by atoms with Crippen molar-refractivity contribution in [2.45, 2.75) is 0 Å². The van der Waals surface area contributed by atoms with Crippen molar-refractivity contribution in [1.82, 2.24) is 0 Å². The lowest BCUT2D eigenvalue weighted by Crippen LogP contribution is -2.43. The first-order valence-corrected chi connectivity index (χ1v) is 7.22. The topological polar surface area (TPSA) is 78.9 Å². The predicted molar refractivity (Wildman–Crippen MR) is 86.0 cm³/mol. The molecule has 1 aliphatic rings. The van der Waals surface area contributed by atoms with Crippen LogP contribution in [0.1, 0.15) is 0 Å². The highest BCUT2D eigenvalue weighted by molar-refractivity contribution is 6.31. The third-order valence-electron chi connectivity index (χ3n) is 3.32. The molecule has 0 unspecified atom stereocenters. The maximum Gasteiger partial charge on any atom is 0.265 e. The number of phenolic OH excluding ortho intramolecular Hbond substituents is 1. The zero-order valence-electron chi connectivity index (χ0n) is 12.0. The molecule has 2 aromatic carbocycles. The van der Waals surface area contributed by atoms with Crippen LogP contribution >= 0.6 is 11.6 Å². The summed E-state index contributed by atoms with van der Waals surface area (Å²) in [6.07, 6.45) is 0. The van der Waals surface area contributed by atoms with Gasteiger partial charge in [-0.1, -0.05) is 11.6 Å². The molecule has 0 radical (unpaired) electrons. The van der Waals surface area contributed by atoms with Crippen molar-refractivity contribution < 1.29 is 19.4 Å². The van der Waals surface area contributed by atoms with Crippen LogP contribution in [0, 0.1) is 0 Å². The SMILES string of the molecule is O=C(CN1C(=O)COc2ccc(Cl)cc21)Nc1ccc(O)cc1. The predicted octanol–water partition coefficient (Wildman–Crippen LogP) is 2.41. The number of phenols is 1. The van der Waals surface area contributed by atoms with Crippen LogP contribution in [0.5, 0.6) is 11.5 Å². The van der Waals surface area contributed by atoms with Gasteiger partial charge in [0.25, 0.3) is 5.91 Å². The van der Waals surface area contributed by atoms with E-state index in [4.69, 9.17) is 16.3 Å². The van der Waals surface area contributed by atoms with Crippen molar-refractivity contribution in [3.63, 3.8) is 0 Å². The Kier molecular flexibility index (Phi) is 4.08. The average molecular weight is 333 g/mol. The Hall–Kier alpha value is -2.73. The van der Waals surface area contributed by atoms with Crippen LogP contribution in [0.4, 0.5) is 11.4 Å². The fraction of sp³-hybridized carbons (Fsp3) is 0.125. The number of hydrogen-bond acceptors (Lipinski definition) is 4. The molecular formula is C16H13ClN2O4. The maximum atomic E-state index is 12.2. The van der Waals surface area contributed by atoms with Crippen LogP contribution in [-0.4, -0.2) is 30.1 Å². The molecule has 6 nitrogen and oxygen atoms in total. The number of hydrogen-bond donors (Lipinski definition) is 2. The van der Waals surface area contributed by atoms with Gasteiger partial charge >= 0.3 is 0 Å². The molecule has 0 saturated carbocycles. The van der Waals surface area contributed by atoms with Crippen molar-refractivity contribution in [2.24, 2.45) is 0 Å². The van der Waals surface area contributed by atoms with Crippen LogP contribution in [0.15, 0.2) is 42.5 Å². The van der Waals surface area contributed by atoms with Crippen LogP contribution < -0.4 is 15.0 Å². The number of anilines is 2. The van der Waals surface area contributed by atoms with Crippen molar-refractivity contribution in [1.29, 1.82) is 0 Å². The lowest BCUT2D eigenvalue weighted by Gasteiger charge is -2.29. The summed E-state index contributed by atoms with van der Waals surface area (Å²) >= 11 is 5.95. The van der Waals surface area contributed by atoms with Crippen molar-refractivity contribution in [3.05, 3.63) is 47.5 Å². The number of nitrogens with one attached hydrogen (secondary N) is 1. The van der Waals surface area contributed by atoms with Crippen molar-refractivity contribution in [3.8, 4) is 11.5 Å². The van der Waals surface area contributed by atoms with E-state index in [0.29, 0.717) is 22.1 Å². The Morgan fingerprint density at radius 2 is 2.00 bits per heavy atom. The zero-order chi connectivity index (χ0) is 16.4. The van der Waals surface area contributed by atoms with Crippen LogP contribution in [0.3, 0.4) is 0 Å². The quantitative estimate of drug-likeness (QED) is 0.846. The molecule has 1 heterocycles. The molecule has 0 saturated heterocycles. The molecule has 0 bridgehead atoms. The summed E-state index contributed by atoms with van der Waals surface area (Å²) in [6.45, 7) is -0.280. The summed E-state index contributed by atoms with van der Waals surface area (Å²) in [5.41, 5.74) is 0.995. The molecule has 7 heteroatoms. The number of benzene rings is 2. The van der Waals surface area contributed by atoms with Gasteiger partial charge in [-0.2, -0.15) is 0 Å². The van der Waals surface area contributed by atoms with Crippen LogP contribution in [0.2, 0.25) is 5.02 Å². The van der Waals surface area contributed by atoms with Gasteiger partial charge in [0.05, 0.1) is 5.69 Å². The van der Waals surface area contributed by atoms with E-state index >= 15 is 0 Å². The van der Waals surface area contributed by atoms with Crippen LogP contribution in [-0.2, 0) is 9.59 Å². The molecule has 3 rings (SSSR count). The van der Waals surface area contributed by atoms with E-state index in [9.17, 15) is 14.7 Å². The molecule has 0 fully saturated rings. The highest BCUT2D eigenvalue weighted by atomic mass is 35.5. The van der Waals surface area contributed by atoms with Gasteiger partial charge in [0, 0.05) is 10.7 Å². The van der Waals surface area contributed by atoms with E-state index in [1.165, 1.54) is 17.0 Å². The second-order valence-corrected chi connectivity index (χ2v) is 5.41. The lowest BCUT2D eigenvalue weighted by molar-refractivity contribution is -0.123. The first-order valence-electron chi connectivity index (χ1n) is 6.84. The van der Waals surface area contributed by atoms with Crippen LogP contribution in [0.25, 0.3) is 0 Å². The molecule has 2 amide bonds. The number of aromatic hydroxyl groups is 1. The summed E-state index contributed by atoms with van der Waals surface area (Å²) < 4.78 is 5.32. The molecule has 2 N–H and O–H groups in total. The van der Waals surface area contributed by atoms with E-state index in [1.54, 1.807) is 30.3 Å². The summed E-state index contributed by atoms with van der Waals surface area (Å²) in [6, 6.07) is 11.0. The minimum Gasteiger partial charge on any atom is -0.508 e. The Bertz CT molecular complexity index is 761. The second-order valence-electron chi connectivity index (χ2n) is 4.98. The average Bonchev–Trinajstić information content (AvgIpc) is 2.52. The third-order valence-corrected chi connectivity index (χ3v) is 3.55. The number of carbonyl (C=O) groups excluding carboxylic acids is 2. The summed E-state index contributed by atoms with van der Waals surface area (Å²) in [7, 11) is 0. The molecule has 0 aliphatic carbocycles. The Balaban J connectivity index is 1.76. The van der Waals surface area contributed by atoms with Gasteiger partial charge in [-0.25, -0.2) is 0 Å². The summed E-state index contributed by atoms with van der Waals surface area (Å²) in [5.74, 6) is -0.0705. The molecule has 1 aliphatic heterocycles. The van der Waals surface area contributed by atoms with E-state index in [1.807, 2.05) is 0 Å². The largest absolute Gasteiger partial charge is 0.508 e. The molecule has 2 aromatic rings. The summed E-state index contributed by atoms with van der Waals surface area (Å²) in [5, 5.41) is 12.3. The number of halogens is 1. The maximum absolute atomic E-state index is 12.2. The first-order chi connectivity index (χ1) is 11.0. The van der Waals surface area contributed by atoms with Gasteiger partial charge in [0.15, 0.2) is 6.61 Å². The van der Waals surface area contributed by atoms with E-state index < -0.39 is 0 Å². The fourth-order valence-electron chi connectivity index (χ4n) is 2.24. The van der Waals surface area contributed by atoms with Gasteiger partial charge in [0.2, 0.25) is 5.91 Å². The Morgan fingerprint density at radius 3 is 2.74 bits per heavy atom. The molecule has 0 atom stereocenters. The standard InChI is InChI=1S/C16H13ClN2O4/c17-10-1-6-14-13(7-10)19(16(22)9-23-14)8-15(21)18-11-2-4-12(20)5-3-11/h1-7,20H,8-9H2,(H,18,21). The minimum atomic E-state index is -0.364. The fourth-order valence-corrected chi connectivity index (χ4v) is 2.40. The van der Waals surface area contributed by atoms with Gasteiger partial charge < -0.3 is 15.2 Å². The van der Waals surface area contributed by atoms with Gasteiger partial charge in [-0.3, -0.25) is 14.5 Å².